The molecule has 2 fully saturated rings. The normalized spacial score (nSPS) is 25.0. The zero-order valence-electron chi connectivity index (χ0n) is 14.8. The summed E-state index contributed by atoms with van der Waals surface area (Å²) in [6, 6.07) is 9.64. The first-order valence-electron chi connectivity index (χ1n) is 9.07. The van der Waals surface area contributed by atoms with Crippen LogP contribution in [0.25, 0.3) is 0 Å². The fourth-order valence-corrected chi connectivity index (χ4v) is 3.66. The van der Waals surface area contributed by atoms with E-state index in [1.54, 1.807) is 6.20 Å². The Morgan fingerprint density at radius 1 is 1.31 bits per heavy atom. The third kappa shape index (κ3) is 3.67. The summed E-state index contributed by atoms with van der Waals surface area (Å²) in [5.74, 6) is 1.25. The molecule has 7 nitrogen and oxygen atoms in total. The Hall–Kier alpha value is -2.54. The first kappa shape index (κ1) is 16.9. The number of hydrogen-bond acceptors (Lipinski definition) is 6. The third-order valence-electron chi connectivity index (χ3n) is 5.12. The van der Waals surface area contributed by atoms with E-state index >= 15 is 0 Å². The van der Waals surface area contributed by atoms with Crippen molar-refractivity contribution < 1.29 is 9.53 Å². The van der Waals surface area contributed by atoms with Crippen molar-refractivity contribution in [2.24, 2.45) is 5.92 Å². The van der Waals surface area contributed by atoms with E-state index in [0.29, 0.717) is 12.5 Å². The van der Waals surface area contributed by atoms with Crippen molar-refractivity contribution in [2.75, 3.05) is 18.0 Å². The maximum Gasteiger partial charge on any atom is 0.249 e. The second kappa shape index (κ2) is 7.37. The van der Waals surface area contributed by atoms with Crippen LogP contribution in [0, 0.1) is 12.8 Å². The topological polar surface area (TPSA) is 80.2 Å². The lowest BCUT2D eigenvalue weighted by atomic mass is 9.91. The number of amides is 1. The lowest BCUT2D eigenvalue weighted by Crippen LogP contribution is -2.43. The highest BCUT2D eigenvalue weighted by Crippen LogP contribution is 2.34. The van der Waals surface area contributed by atoms with Gasteiger partial charge in [-0.25, -0.2) is 0 Å². The lowest BCUT2D eigenvalue weighted by Gasteiger charge is -2.34. The summed E-state index contributed by atoms with van der Waals surface area (Å²) in [6.07, 6.45) is 3.20. The van der Waals surface area contributed by atoms with Gasteiger partial charge in [0.25, 0.3) is 0 Å². The molecular formula is C19H23N5O2. The minimum atomic E-state index is -0.377. The van der Waals surface area contributed by atoms with E-state index in [4.69, 9.17) is 4.74 Å². The molecule has 0 aliphatic carbocycles. The molecule has 0 unspecified atom stereocenters. The highest BCUT2D eigenvalue weighted by Gasteiger charge is 2.42. The van der Waals surface area contributed by atoms with Crippen LogP contribution in [0.4, 0.5) is 5.82 Å². The van der Waals surface area contributed by atoms with Crippen molar-refractivity contribution in [1.29, 1.82) is 0 Å². The summed E-state index contributed by atoms with van der Waals surface area (Å²) in [7, 11) is 0. The number of carbonyl (C=O) groups is 1. The smallest absolute Gasteiger partial charge is 0.249 e. The highest BCUT2D eigenvalue weighted by atomic mass is 16.5. The number of piperidine rings is 1. The SMILES string of the molecule is Cc1ccc(N2CC[C@H]3C[C@@H](C(=O)NCc4ccccn4)O[C@@H]3C2)nn1. The second-order valence-corrected chi connectivity index (χ2v) is 6.97. The van der Waals surface area contributed by atoms with Gasteiger partial charge in [0.1, 0.15) is 6.10 Å². The molecule has 3 atom stereocenters. The molecule has 4 rings (SSSR count). The molecule has 2 saturated heterocycles. The van der Waals surface area contributed by atoms with E-state index in [1.165, 1.54) is 0 Å². The molecule has 4 heterocycles. The molecule has 2 aliphatic heterocycles. The Bertz CT molecular complexity index is 752. The van der Waals surface area contributed by atoms with Gasteiger partial charge in [0, 0.05) is 19.3 Å². The number of rotatable bonds is 4. The predicted octanol–water partition coefficient (Wildman–Crippen LogP) is 1.48. The third-order valence-corrected chi connectivity index (χ3v) is 5.12. The van der Waals surface area contributed by atoms with Crippen LogP contribution in [-0.2, 0) is 16.1 Å². The van der Waals surface area contributed by atoms with Crippen molar-refractivity contribution in [3.8, 4) is 0 Å². The number of aromatic nitrogens is 3. The quantitative estimate of drug-likeness (QED) is 0.897. The van der Waals surface area contributed by atoms with E-state index in [0.717, 1.165) is 43.1 Å². The first-order chi connectivity index (χ1) is 12.7. The lowest BCUT2D eigenvalue weighted by molar-refractivity contribution is -0.132. The summed E-state index contributed by atoms with van der Waals surface area (Å²) >= 11 is 0. The molecule has 7 heteroatoms. The Morgan fingerprint density at radius 2 is 2.23 bits per heavy atom. The zero-order chi connectivity index (χ0) is 17.9. The number of pyridine rings is 1. The summed E-state index contributed by atoms with van der Waals surface area (Å²) < 4.78 is 6.07. The van der Waals surface area contributed by atoms with E-state index < -0.39 is 0 Å². The molecule has 0 aromatic carbocycles. The van der Waals surface area contributed by atoms with Gasteiger partial charge in [-0.2, -0.15) is 5.10 Å². The molecule has 0 spiro atoms. The number of anilines is 1. The van der Waals surface area contributed by atoms with Gasteiger partial charge in [-0.15, -0.1) is 5.10 Å². The van der Waals surface area contributed by atoms with E-state index in [1.807, 2.05) is 37.3 Å². The minimum absolute atomic E-state index is 0.0493. The number of nitrogens with one attached hydrogen (secondary N) is 1. The van der Waals surface area contributed by atoms with Crippen molar-refractivity contribution in [3.63, 3.8) is 0 Å². The van der Waals surface area contributed by atoms with Crippen LogP contribution in [0.15, 0.2) is 36.5 Å². The summed E-state index contributed by atoms with van der Waals surface area (Å²) in [6.45, 7) is 4.04. The number of carbonyl (C=O) groups excluding carboxylic acids is 1. The molecule has 0 radical (unpaired) electrons. The maximum absolute atomic E-state index is 12.5. The van der Waals surface area contributed by atoms with E-state index in [2.05, 4.69) is 25.4 Å². The molecule has 0 saturated carbocycles. The van der Waals surface area contributed by atoms with Crippen LogP contribution < -0.4 is 10.2 Å². The average Bonchev–Trinajstić information content (AvgIpc) is 3.11. The minimum Gasteiger partial charge on any atom is -0.363 e. The zero-order valence-corrected chi connectivity index (χ0v) is 14.8. The van der Waals surface area contributed by atoms with Crippen LogP contribution in [0.2, 0.25) is 0 Å². The molecule has 2 aromatic rings. The van der Waals surface area contributed by atoms with Crippen molar-refractivity contribution in [2.45, 2.75) is 38.5 Å². The summed E-state index contributed by atoms with van der Waals surface area (Å²) in [5, 5.41) is 11.3. The van der Waals surface area contributed by atoms with Crippen LogP contribution in [0.3, 0.4) is 0 Å². The standard InChI is InChI=1S/C19H23N5O2/c1-13-5-6-18(23-22-13)24-9-7-14-10-16(26-17(14)12-24)19(25)21-11-15-4-2-3-8-20-15/h2-6,8,14,16-17H,7,9-12H2,1H3,(H,21,25)/t14-,16-,17+/m0/s1. The van der Waals surface area contributed by atoms with E-state index in [-0.39, 0.29) is 18.1 Å². The number of nitrogens with zero attached hydrogens (tertiary/aromatic N) is 4. The Morgan fingerprint density at radius 3 is 3.00 bits per heavy atom. The van der Waals surface area contributed by atoms with Gasteiger partial charge in [-0.1, -0.05) is 6.07 Å². The fraction of sp³-hybridized carbons (Fsp3) is 0.474. The van der Waals surface area contributed by atoms with Crippen LogP contribution in [0.1, 0.15) is 24.2 Å². The van der Waals surface area contributed by atoms with Gasteiger partial charge >= 0.3 is 0 Å². The first-order valence-corrected chi connectivity index (χ1v) is 9.07. The van der Waals surface area contributed by atoms with Crippen molar-refractivity contribution in [1.82, 2.24) is 20.5 Å². The molecule has 136 valence electrons. The monoisotopic (exact) mass is 353 g/mol. The molecule has 1 amide bonds. The molecule has 0 bridgehead atoms. The molecule has 26 heavy (non-hydrogen) atoms. The van der Waals surface area contributed by atoms with Gasteiger partial charge < -0.3 is 15.0 Å². The summed E-state index contributed by atoms with van der Waals surface area (Å²) in [5.41, 5.74) is 1.76. The van der Waals surface area contributed by atoms with Crippen LogP contribution >= 0.6 is 0 Å². The highest BCUT2D eigenvalue weighted by molar-refractivity contribution is 5.81. The van der Waals surface area contributed by atoms with E-state index in [9.17, 15) is 4.79 Å². The molecular weight excluding hydrogens is 330 g/mol. The Labute approximate surface area is 152 Å². The second-order valence-electron chi connectivity index (χ2n) is 6.97. The van der Waals surface area contributed by atoms with Crippen molar-refractivity contribution in [3.05, 3.63) is 47.9 Å². The van der Waals surface area contributed by atoms with Gasteiger partial charge in [0.2, 0.25) is 5.91 Å². The van der Waals surface area contributed by atoms with Crippen LogP contribution in [-0.4, -0.2) is 46.4 Å². The molecule has 2 aromatic heterocycles. The fourth-order valence-electron chi connectivity index (χ4n) is 3.66. The van der Waals surface area contributed by atoms with Gasteiger partial charge in [0.05, 0.1) is 24.0 Å². The van der Waals surface area contributed by atoms with Gasteiger partial charge in [0.15, 0.2) is 5.82 Å². The number of hydrogen-bond donors (Lipinski definition) is 1. The Balaban J connectivity index is 1.32. The Kier molecular flexibility index (Phi) is 4.79. The number of ether oxygens (including phenoxy) is 1. The van der Waals surface area contributed by atoms with Crippen molar-refractivity contribution >= 4 is 11.7 Å². The largest absolute Gasteiger partial charge is 0.363 e. The molecule has 2 aliphatic rings. The van der Waals surface area contributed by atoms with Crippen LogP contribution in [0.5, 0.6) is 0 Å². The predicted molar refractivity (Wildman–Crippen MR) is 96.5 cm³/mol. The number of aryl methyl sites for hydroxylation is 1. The summed E-state index contributed by atoms with van der Waals surface area (Å²) in [4.78, 5) is 18.9. The molecule has 1 N–H and O–H groups in total. The number of fused-ring (bicyclic) bond motifs is 1. The van der Waals surface area contributed by atoms with Gasteiger partial charge in [-0.05, 0) is 49.9 Å². The van der Waals surface area contributed by atoms with Gasteiger partial charge in [-0.3, -0.25) is 9.78 Å². The average molecular weight is 353 g/mol. The maximum atomic E-state index is 12.5.